The van der Waals surface area contributed by atoms with E-state index in [1.165, 1.54) is 40.6 Å². The number of carbonyl (C=O) groups excluding carboxylic acids is 1. The van der Waals surface area contributed by atoms with Crippen LogP contribution in [0.15, 0.2) is 30.3 Å². The molecule has 0 aliphatic rings. The summed E-state index contributed by atoms with van der Waals surface area (Å²) in [5.74, 6) is 1.61. The average molecular weight is 426 g/mol. The predicted molar refractivity (Wildman–Crippen MR) is 105 cm³/mol. The van der Waals surface area contributed by atoms with E-state index < -0.39 is 12.6 Å². The smallest absolute Gasteiger partial charge is 0.387 e. The van der Waals surface area contributed by atoms with E-state index in [0.29, 0.717) is 28.4 Å². The molecule has 0 unspecified atom stereocenters. The molecule has 2 amide bonds. The van der Waals surface area contributed by atoms with E-state index in [2.05, 4.69) is 15.4 Å². The van der Waals surface area contributed by atoms with Gasteiger partial charge in [0, 0.05) is 24.7 Å². The number of ether oxygens (including phenoxy) is 5. The number of carbonyl (C=O) groups is 1. The van der Waals surface area contributed by atoms with Crippen molar-refractivity contribution in [3.8, 4) is 28.7 Å². The third kappa shape index (κ3) is 6.03. The van der Waals surface area contributed by atoms with E-state index in [-0.39, 0.29) is 24.6 Å². The summed E-state index contributed by atoms with van der Waals surface area (Å²) in [5, 5.41) is 5.40. The number of methoxy groups -OCH3 is 4. The Morgan fingerprint density at radius 3 is 1.97 bits per heavy atom. The van der Waals surface area contributed by atoms with Gasteiger partial charge in [-0.3, -0.25) is 0 Å². The first-order chi connectivity index (χ1) is 14.4. The maximum absolute atomic E-state index is 12.4. The summed E-state index contributed by atoms with van der Waals surface area (Å²) in [6.45, 7) is -2.62. The summed E-state index contributed by atoms with van der Waals surface area (Å²) >= 11 is 0. The third-order valence-electron chi connectivity index (χ3n) is 4.12. The van der Waals surface area contributed by atoms with Crippen LogP contribution in [0.1, 0.15) is 11.1 Å². The average Bonchev–Trinajstić information content (AvgIpc) is 2.75. The van der Waals surface area contributed by atoms with E-state index >= 15 is 0 Å². The summed E-state index contributed by atoms with van der Waals surface area (Å²) in [7, 11) is 5.89. The minimum atomic E-state index is -2.96. The molecule has 2 N–H and O–H groups in total. The number of alkyl halides is 2. The molecule has 0 aliphatic carbocycles. The number of benzene rings is 2. The number of halogens is 2. The fourth-order valence-electron chi connectivity index (χ4n) is 2.67. The Hall–Kier alpha value is -3.43. The first-order valence-corrected chi connectivity index (χ1v) is 8.84. The van der Waals surface area contributed by atoms with E-state index in [1.807, 2.05) is 0 Å². The van der Waals surface area contributed by atoms with Crippen LogP contribution in [0.3, 0.4) is 0 Å². The van der Waals surface area contributed by atoms with Crippen molar-refractivity contribution in [2.75, 3.05) is 28.4 Å². The molecule has 2 rings (SSSR count). The first kappa shape index (κ1) is 22.9. The van der Waals surface area contributed by atoms with Gasteiger partial charge in [0.25, 0.3) is 0 Å². The van der Waals surface area contributed by atoms with Crippen LogP contribution in [0.5, 0.6) is 28.7 Å². The molecule has 0 bridgehead atoms. The highest BCUT2D eigenvalue weighted by atomic mass is 19.3. The van der Waals surface area contributed by atoms with Crippen molar-refractivity contribution in [3.05, 3.63) is 41.5 Å². The van der Waals surface area contributed by atoms with E-state index in [1.54, 1.807) is 18.2 Å². The zero-order valence-electron chi connectivity index (χ0n) is 17.1. The van der Waals surface area contributed by atoms with Gasteiger partial charge in [0.2, 0.25) is 0 Å². The molecule has 0 radical (unpaired) electrons. The van der Waals surface area contributed by atoms with E-state index in [9.17, 15) is 13.6 Å². The van der Waals surface area contributed by atoms with E-state index in [0.717, 1.165) is 0 Å². The van der Waals surface area contributed by atoms with Gasteiger partial charge in [-0.25, -0.2) is 4.79 Å². The van der Waals surface area contributed by atoms with Gasteiger partial charge in [-0.2, -0.15) is 8.78 Å². The molecule has 0 saturated carbocycles. The summed E-state index contributed by atoms with van der Waals surface area (Å²) in [4.78, 5) is 12.2. The van der Waals surface area contributed by atoms with Crippen molar-refractivity contribution >= 4 is 6.03 Å². The zero-order chi connectivity index (χ0) is 22.1. The maximum atomic E-state index is 12.4. The molecule has 2 aromatic carbocycles. The predicted octanol–water partition coefficient (Wildman–Crippen LogP) is 3.32. The summed E-state index contributed by atoms with van der Waals surface area (Å²) < 4.78 is 50.0. The first-order valence-electron chi connectivity index (χ1n) is 8.84. The zero-order valence-corrected chi connectivity index (χ0v) is 17.1. The number of urea groups is 1. The van der Waals surface area contributed by atoms with Crippen LogP contribution in [0.4, 0.5) is 13.6 Å². The lowest BCUT2D eigenvalue weighted by Crippen LogP contribution is -2.34. The number of nitrogens with one attached hydrogen (secondary N) is 2. The highest BCUT2D eigenvalue weighted by molar-refractivity contribution is 5.74. The standard InChI is InChI=1S/C20H24F2N2O6/c1-26-15-9-18(29-4)17(28-3)8-13(15)11-24-20(25)23-10-12-5-6-14(30-19(21)22)16(7-12)27-2/h5-9,19H,10-11H2,1-4H3,(H2,23,24,25). The van der Waals surface area contributed by atoms with Crippen molar-refractivity contribution in [2.24, 2.45) is 0 Å². The third-order valence-corrected chi connectivity index (χ3v) is 4.12. The van der Waals surface area contributed by atoms with Gasteiger partial charge < -0.3 is 34.3 Å². The van der Waals surface area contributed by atoms with Crippen molar-refractivity contribution < 1.29 is 37.3 Å². The molecule has 164 valence electrons. The highest BCUT2D eigenvalue weighted by Crippen LogP contribution is 2.34. The second kappa shape index (κ2) is 10.9. The van der Waals surface area contributed by atoms with Gasteiger partial charge in [-0.1, -0.05) is 6.07 Å². The maximum Gasteiger partial charge on any atom is 0.387 e. The van der Waals surface area contributed by atoms with Gasteiger partial charge in [-0.15, -0.1) is 0 Å². The van der Waals surface area contributed by atoms with Gasteiger partial charge in [0.05, 0.1) is 28.4 Å². The molecule has 0 atom stereocenters. The molecule has 8 nitrogen and oxygen atoms in total. The van der Waals surface area contributed by atoms with Crippen molar-refractivity contribution in [3.63, 3.8) is 0 Å². The quantitative estimate of drug-likeness (QED) is 0.606. The largest absolute Gasteiger partial charge is 0.496 e. The SMILES string of the molecule is COc1cc(OC)c(OC)cc1CNC(=O)NCc1ccc(OC(F)F)c(OC)c1. The molecule has 0 saturated heterocycles. The van der Waals surface area contributed by atoms with Crippen LogP contribution in [0, 0.1) is 0 Å². The number of hydrogen-bond acceptors (Lipinski definition) is 6. The van der Waals surface area contributed by atoms with Gasteiger partial charge in [0.1, 0.15) is 5.75 Å². The molecule has 0 aliphatic heterocycles. The van der Waals surface area contributed by atoms with Crippen LogP contribution >= 0.6 is 0 Å². The molecule has 10 heteroatoms. The fraction of sp³-hybridized carbons (Fsp3) is 0.350. The Bertz CT molecular complexity index is 863. The Morgan fingerprint density at radius 1 is 0.800 bits per heavy atom. The lowest BCUT2D eigenvalue weighted by atomic mass is 10.1. The molecule has 0 spiro atoms. The van der Waals surface area contributed by atoms with E-state index in [4.69, 9.17) is 18.9 Å². The Balaban J connectivity index is 1.97. The Labute approximate surface area is 173 Å². The van der Waals surface area contributed by atoms with Crippen LogP contribution in [-0.4, -0.2) is 41.1 Å². The minimum Gasteiger partial charge on any atom is -0.496 e. The Kier molecular flexibility index (Phi) is 8.33. The van der Waals surface area contributed by atoms with Gasteiger partial charge in [0.15, 0.2) is 23.0 Å². The van der Waals surface area contributed by atoms with Crippen LogP contribution in [0.2, 0.25) is 0 Å². The summed E-state index contributed by atoms with van der Waals surface area (Å²) in [6.07, 6.45) is 0. The molecule has 2 aromatic rings. The Morgan fingerprint density at radius 2 is 1.37 bits per heavy atom. The topological polar surface area (TPSA) is 87.3 Å². The lowest BCUT2D eigenvalue weighted by molar-refractivity contribution is -0.0512. The van der Waals surface area contributed by atoms with Crippen LogP contribution < -0.4 is 34.3 Å². The van der Waals surface area contributed by atoms with Crippen LogP contribution in [-0.2, 0) is 13.1 Å². The van der Waals surface area contributed by atoms with Gasteiger partial charge >= 0.3 is 12.6 Å². The molecular formula is C20H24F2N2O6. The van der Waals surface area contributed by atoms with Crippen molar-refractivity contribution in [1.29, 1.82) is 0 Å². The second-order valence-corrected chi connectivity index (χ2v) is 5.92. The lowest BCUT2D eigenvalue weighted by Gasteiger charge is -2.15. The molecule has 0 aromatic heterocycles. The number of hydrogen-bond donors (Lipinski definition) is 2. The molecule has 0 heterocycles. The molecule has 30 heavy (non-hydrogen) atoms. The van der Waals surface area contributed by atoms with Crippen LogP contribution in [0.25, 0.3) is 0 Å². The molecular weight excluding hydrogens is 402 g/mol. The summed E-state index contributed by atoms with van der Waals surface area (Å²) in [6, 6.07) is 7.37. The monoisotopic (exact) mass is 426 g/mol. The highest BCUT2D eigenvalue weighted by Gasteiger charge is 2.14. The number of amides is 2. The molecule has 0 fully saturated rings. The van der Waals surface area contributed by atoms with Gasteiger partial charge in [-0.05, 0) is 23.8 Å². The second-order valence-electron chi connectivity index (χ2n) is 5.92. The normalized spacial score (nSPS) is 10.4. The summed E-state index contributed by atoms with van der Waals surface area (Å²) in [5.41, 5.74) is 1.34. The number of rotatable bonds is 10. The van der Waals surface area contributed by atoms with Crippen molar-refractivity contribution in [2.45, 2.75) is 19.7 Å². The fourth-order valence-corrected chi connectivity index (χ4v) is 2.67. The van der Waals surface area contributed by atoms with Crippen molar-refractivity contribution in [1.82, 2.24) is 10.6 Å². The minimum absolute atomic E-state index is 0.0822.